The molecular weight excluding hydrogens is 227 g/mol. The summed E-state index contributed by atoms with van der Waals surface area (Å²) >= 11 is 0. The van der Waals surface area contributed by atoms with Crippen LogP contribution in [0.2, 0.25) is 0 Å². The Morgan fingerprint density at radius 1 is 0.941 bits per heavy atom. The van der Waals surface area contributed by atoms with Gasteiger partial charge in [-0.05, 0) is 42.3 Å². The molecule has 0 unspecified atom stereocenters. The summed E-state index contributed by atoms with van der Waals surface area (Å²) in [4.78, 5) is 0. The maximum atomic E-state index is 13.8. The average molecular weight is 237 g/mol. The Morgan fingerprint density at radius 2 is 1.59 bits per heavy atom. The first-order valence-corrected chi connectivity index (χ1v) is 5.00. The van der Waals surface area contributed by atoms with E-state index in [0.717, 1.165) is 6.07 Å². The maximum absolute atomic E-state index is 13.8. The fourth-order valence-electron chi connectivity index (χ4n) is 1.71. The third kappa shape index (κ3) is 1.98. The van der Waals surface area contributed by atoms with Crippen LogP contribution in [0.3, 0.4) is 0 Å². The quantitative estimate of drug-likeness (QED) is 0.752. The van der Waals surface area contributed by atoms with Crippen LogP contribution in [0.5, 0.6) is 0 Å². The average Bonchev–Trinajstić information content (AvgIpc) is 2.28. The fraction of sp³-hybridized carbons (Fsp3) is 0.0769. The normalized spacial score (nSPS) is 10.6. The number of benzene rings is 2. The highest BCUT2D eigenvalue weighted by atomic mass is 19.1. The van der Waals surface area contributed by atoms with E-state index in [9.17, 15) is 13.2 Å². The molecule has 0 aliphatic carbocycles. The van der Waals surface area contributed by atoms with Gasteiger partial charge in [0.25, 0.3) is 0 Å². The van der Waals surface area contributed by atoms with Crippen molar-refractivity contribution < 1.29 is 13.2 Å². The van der Waals surface area contributed by atoms with Gasteiger partial charge in [-0.2, -0.15) is 0 Å². The summed E-state index contributed by atoms with van der Waals surface area (Å²) in [5.41, 5.74) is 5.98. The van der Waals surface area contributed by atoms with Gasteiger partial charge in [0.05, 0.1) is 0 Å². The molecule has 4 heteroatoms. The fourth-order valence-corrected chi connectivity index (χ4v) is 1.71. The zero-order valence-electron chi connectivity index (χ0n) is 9.10. The minimum atomic E-state index is -0.820. The van der Waals surface area contributed by atoms with E-state index in [0.29, 0.717) is 11.1 Å². The number of aryl methyl sites for hydroxylation is 1. The second-order valence-corrected chi connectivity index (χ2v) is 3.78. The Labute approximate surface area is 96.7 Å². The van der Waals surface area contributed by atoms with Crippen molar-refractivity contribution in [2.24, 2.45) is 0 Å². The summed E-state index contributed by atoms with van der Waals surface area (Å²) < 4.78 is 39.7. The number of hydrogen-bond acceptors (Lipinski definition) is 1. The third-order valence-electron chi connectivity index (χ3n) is 2.61. The van der Waals surface area contributed by atoms with Crippen LogP contribution in [0.4, 0.5) is 18.9 Å². The van der Waals surface area contributed by atoms with Gasteiger partial charge < -0.3 is 5.73 Å². The predicted molar refractivity (Wildman–Crippen MR) is 60.9 cm³/mol. The lowest BCUT2D eigenvalue weighted by atomic mass is 9.99. The summed E-state index contributed by atoms with van der Waals surface area (Å²) in [5, 5.41) is 0. The predicted octanol–water partition coefficient (Wildman–Crippen LogP) is 3.66. The molecule has 0 fully saturated rings. The van der Waals surface area contributed by atoms with Crippen molar-refractivity contribution >= 4 is 5.69 Å². The number of rotatable bonds is 1. The molecule has 0 saturated heterocycles. The highest BCUT2D eigenvalue weighted by Gasteiger charge is 2.13. The maximum Gasteiger partial charge on any atom is 0.156 e. The largest absolute Gasteiger partial charge is 0.394 e. The van der Waals surface area contributed by atoms with Crippen LogP contribution in [0.1, 0.15) is 5.56 Å². The van der Waals surface area contributed by atoms with Crippen molar-refractivity contribution in [1.29, 1.82) is 0 Å². The highest BCUT2D eigenvalue weighted by molar-refractivity contribution is 5.71. The van der Waals surface area contributed by atoms with Crippen molar-refractivity contribution in [1.82, 2.24) is 0 Å². The minimum absolute atomic E-state index is 0.168. The van der Waals surface area contributed by atoms with Crippen molar-refractivity contribution in [3.05, 3.63) is 53.3 Å². The molecule has 88 valence electrons. The van der Waals surface area contributed by atoms with E-state index < -0.39 is 23.1 Å². The van der Waals surface area contributed by atoms with E-state index in [4.69, 9.17) is 5.73 Å². The van der Waals surface area contributed by atoms with Crippen LogP contribution in [0, 0.1) is 24.4 Å². The zero-order chi connectivity index (χ0) is 12.6. The lowest BCUT2D eigenvalue weighted by Crippen LogP contribution is -1.98. The second kappa shape index (κ2) is 4.13. The molecule has 0 aliphatic heterocycles. The first-order chi connectivity index (χ1) is 8.00. The van der Waals surface area contributed by atoms with Gasteiger partial charge >= 0.3 is 0 Å². The Morgan fingerprint density at radius 3 is 2.24 bits per heavy atom. The van der Waals surface area contributed by atoms with Gasteiger partial charge in [0.15, 0.2) is 5.82 Å². The molecule has 0 spiro atoms. The molecule has 2 rings (SSSR count). The molecule has 0 atom stereocenters. The first-order valence-electron chi connectivity index (χ1n) is 5.00. The number of anilines is 1. The Balaban J connectivity index is 2.65. The number of nitrogen functional groups attached to an aromatic ring is 1. The summed E-state index contributed by atoms with van der Waals surface area (Å²) in [5.74, 6) is -2.02. The van der Waals surface area contributed by atoms with Crippen molar-refractivity contribution in [2.45, 2.75) is 6.92 Å². The molecule has 2 N–H and O–H groups in total. The lowest BCUT2D eigenvalue weighted by Gasteiger charge is -2.09. The van der Waals surface area contributed by atoms with E-state index >= 15 is 0 Å². The molecule has 0 radical (unpaired) electrons. The third-order valence-corrected chi connectivity index (χ3v) is 2.61. The molecule has 0 amide bonds. The lowest BCUT2D eigenvalue weighted by molar-refractivity contribution is 0.593. The Hall–Kier alpha value is -1.97. The van der Waals surface area contributed by atoms with Gasteiger partial charge in [-0.3, -0.25) is 0 Å². The van der Waals surface area contributed by atoms with Crippen LogP contribution in [-0.4, -0.2) is 0 Å². The summed E-state index contributed by atoms with van der Waals surface area (Å²) in [6, 6.07) is 6.34. The topological polar surface area (TPSA) is 26.0 Å². The van der Waals surface area contributed by atoms with Crippen molar-refractivity contribution in [2.75, 3.05) is 5.73 Å². The molecule has 0 aromatic heterocycles. The molecule has 0 saturated carbocycles. The minimum Gasteiger partial charge on any atom is -0.394 e. The molecule has 0 heterocycles. The number of nitrogens with two attached hydrogens (primary N) is 1. The summed E-state index contributed by atoms with van der Waals surface area (Å²) in [7, 11) is 0. The monoisotopic (exact) mass is 237 g/mol. The SMILES string of the molecule is Cc1cc(F)ccc1-c1ccc(F)c(N)c1F. The highest BCUT2D eigenvalue weighted by Crippen LogP contribution is 2.30. The molecule has 2 aromatic rings. The Bertz CT molecular complexity index is 579. The van der Waals surface area contributed by atoms with Crippen LogP contribution in [0.15, 0.2) is 30.3 Å². The van der Waals surface area contributed by atoms with Crippen LogP contribution >= 0.6 is 0 Å². The van der Waals surface area contributed by atoms with Gasteiger partial charge in [-0.1, -0.05) is 6.07 Å². The van der Waals surface area contributed by atoms with Crippen LogP contribution < -0.4 is 5.73 Å². The van der Waals surface area contributed by atoms with E-state index in [1.165, 1.54) is 24.3 Å². The van der Waals surface area contributed by atoms with Crippen LogP contribution in [0.25, 0.3) is 11.1 Å². The summed E-state index contributed by atoms with van der Waals surface area (Å²) in [6.45, 7) is 1.65. The molecule has 2 aromatic carbocycles. The Kier molecular flexibility index (Phi) is 2.79. The molecule has 17 heavy (non-hydrogen) atoms. The van der Waals surface area contributed by atoms with Crippen molar-refractivity contribution in [3.63, 3.8) is 0 Å². The molecular formula is C13H10F3N. The summed E-state index contributed by atoms with van der Waals surface area (Å²) in [6.07, 6.45) is 0. The second-order valence-electron chi connectivity index (χ2n) is 3.78. The van der Waals surface area contributed by atoms with E-state index in [2.05, 4.69) is 0 Å². The van der Waals surface area contributed by atoms with Gasteiger partial charge in [-0.25, -0.2) is 13.2 Å². The van der Waals surface area contributed by atoms with Gasteiger partial charge in [0, 0.05) is 5.56 Å². The van der Waals surface area contributed by atoms with E-state index in [1.54, 1.807) is 6.92 Å². The smallest absolute Gasteiger partial charge is 0.156 e. The van der Waals surface area contributed by atoms with Gasteiger partial charge in [0.2, 0.25) is 0 Å². The first kappa shape index (κ1) is 11.5. The van der Waals surface area contributed by atoms with E-state index in [1.807, 2.05) is 0 Å². The molecule has 0 bridgehead atoms. The standard InChI is InChI=1S/C13H10F3N/c1-7-6-8(14)2-3-9(7)10-4-5-11(15)13(17)12(10)16/h2-6H,17H2,1H3. The van der Waals surface area contributed by atoms with E-state index in [-0.39, 0.29) is 5.56 Å². The number of hydrogen-bond donors (Lipinski definition) is 1. The molecule has 0 aliphatic rings. The van der Waals surface area contributed by atoms with Crippen LogP contribution in [-0.2, 0) is 0 Å². The van der Waals surface area contributed by atoms with Gasteiger partial charge in [0.1, 0.15) is 17.3 Å². The molecule has 1 nitrogen and oxygen atoms in total. The zero-order valence-corrected chi connectivity index (χ0v) is 9.10. The van der Waals surface area contributed by atoms with Crippen molar-refractivity contribution in [3.8, 4) is 11.1 Å². The number of halogens is 3. The van der Waals surface area contributed by atoms with Gasteiger partial charge in [-0.15, -0.1) is 0 Å².